The van der Waals surface area contributed by atoms with E-state index >= 15 is 0 Å². The predicted molar refractivity (Wildman–Crippen MR) is 78.9 cm³/mol. The van der Waals surface area contributed by atoms with Gasteiger partial charge in [0.15, 0.2) is 0 Å². The lowest BCUT2D eigenvalue weighted by Crippen LogP contribution is -2.53. The van der Waals surface area contributed by atoms with Gasteiger partial charge in [-0.25, -0.2) is 9.78 Å². The van der Waals surface area contributed by atoms with E-state index in [9.17, 15) is 14.0 Å². The SMILES string of the molecule is CC(C)(C)OC(=O)NC1CCCN(c2ccc(F)nc2)C1=O. The number of pyridine rings is 1. The van der Waals surface area contributed by atoms with Crippen molar-refractivity contribution in [3.05, 3.63) is 24.3 Å². The second-order valence-electron chi connectivity index (χ2n) is 6.17. The highest BCUT2D eigenvalue weighted by Gasteiger charge is 2.32. The molecule has 6 nitrogen and oxygen atoms in total. The predicted octanol–water partition coefficient (Wildman–Crippen LogP) is 2.24. The smallest absolute Gasteiger partial charge is 0.408 e. The Morgan fingerprint density at radius 1 is 1.45 bits per heavy atom. The van der Waals surface area contributed by atoms with Crippen LogP contribution in [0.1, 0.15) is 33.6 Å². The van der Waals surface area contributed by atoms with Gasteiger partial charge in [-0.1, -0.05) is 0 Å². The van der Waals surface area contributed by atoms with Crippen molar-refractivity contribution in [2.45, 2.75) is 45.3 Å². The zero-order valence-corrected chi connectivity index (χ0v) is 12.9. The fourth-order valence-electron chi connectivity index (χ4n) is 2.24. The number of ether oxygens (including phenoxy) is 1. The molecule has 1 unspecified atom stereocenters. The van der Waals surface area contributed by atoms with E-state index < -0.39 is 23.7 Å². The minimum absolute atomic E-state index is 0.245. The van der Waals surface area contributed by atoms with E-state index in [1.54, 1.807) is 20.8 Å². The number of rotatable bonds is 2. The van der Waals surface area contributed by atoms with E-state index in [1.807, 2.05) is 0 Å². The third-order valence-corrected chi connectivity index (χ3v) is 3.15. The van der Waals surface area contributed by atoms with Crippen LogP contribution in [0.15, 0.2) is 18.3 Å². The van der Waals surface area contributed by atoms with Crippen LogP contribution >= 0.6 is 0 Å². The third-order valence-electron chi connectivity index (χ3n) is 3.15. The zero-order chi connectivity index (χ0) is 16.3. The highest BCUT2D eigenvalue weighted by atomic mass is 19.1. The first-order valence-electron chi connectivity index (χ1n) is 7.19. The first kappa shape index (κ1) is 16.2. The number of alkyl carbamates (subject to hydrolysis) is 1. The number of nitrogens with one attached hydrogen (secondary N) is 1. The average molecular weight is 309 g/mol. The number of halogens is 1. The van der Waals surface area contributed by atoms with Crippen LogP contribution in [0.4, 0.5) is 14.9 Å². The van der Waals surface area contributed by atoms with E-state index in [0.29, 0.717) is 18.7 Å². The molecule has 0 saturated carbocycles. The number of aromatic nitrogens is 1. The quantitative estimate of drug-likeness (QED) is 0.851. The van der Waals surface area contributed by atoms with E-state index in [1.165, 1.54) is 23.2 Å². The van der Waals surface area contributed by atoms with Crippen LogP contribution in [0.3, 0.4) is 0 Å². The molecule has 2 heterocycles. The maximum absolute atomic E-state index is 12.9. The lowest BCUT2D eigenvalue weighted by Gasteiger charge is -2.32. The summed E-state index contributed by atoms with van der Waals surface area (Å²) in [6, 6.07) is 2.05. The zero-order valence-electron chi connectivity index (χ0n) is 12.9. The van der Waals surface area contributed by atoms with E-state index in [4.69, 9.17) is 4.74 Å². The van der Waals surface area contributed by atoms with Crippen LogP contribution in [0, 0.1) is 5.95 Å². The van der Waals surface area contributed by atoms with Crippen LogP contribution in [-0.2, 0) is 9.53 Å². The van der Waals surface area contributed by atoms with Crippen molar-refractivity contribution in [2.75, 3.05) is 11.4 Å². The summed E-state index contributed by atoms with van der Waals surface area (Å²) < 4.78 is 18.0. The Labute approximate surface area is 128 Å². The molecule has 1 saturated heterocycles. The summed E-state index contributed by atoms with van der Waals surface area (Å²) in [5.41, 5.74) is -0.107. The van der Waals surface area contributed by atoms with Crippen LogP contribution in [0.25, 0.3) is 0 Å². The molecular formula is C15H20FN3O3. The average Bonchev–Trinajstić information content (AvgIpc) is 2.40. The third kappa shape index (κ3) is 4.16. The second kappa shape index (κ2) is 6.29. The Morgan fingerprint density at radius 3 is 2.77 bits per heavy atom. The highest BCUT2D eigenvalue weighted by molar-refractivity contribution is 5.99. The van der Waals surface area contributed by atoms with Crippen LogP contribution in [0.5, 0.6) is 0 Å². The molecule has 1 aliphatic rings. The number of carbonyl (C=O) groups is 2. The van der Waals surface area contributed by atoms with Crippen LogP contribution < -0.4 is 10.2 Å². The lowest BCUT2D eigenvalue weighted by atomic mass is 10.0. The van der Waals surface area contributed by atoms with E-state index in [0.717, 1.165) is 6.42 Å². The molecule has 120 valence electrons. The van der Waals surface area contributed by atoms with Gasteiger partial charge in [-0.05, 0) is 45.7 Å². The monoisotopic (exact) mass is 309 g/mol. The largest absolute Gasteiger partial charge is 0.444 e. The summed E-state index contributed by atoms with van der Waals surface area (Å²) >= 11 is 0. The van der Waals surface area contributed by atoms with Crippen LogP contribution in [-0.4, -0.2) is 35.2 Å². The number of hydrogen-bond donors (Lipinski definition) is 1. The molecule has 2 amide bonds. The van der Waals surface area contributed by atoms with Crippen molar-refractivity contribution < 1.29 is 18.7 Å². The first-order valence-corrected chi connectivity index (χ1v) is 7.19. The van der Waals surface area contributed by atoms with Gasteiger partial charge in [0.1, 0.15) is 11.6 Å². The van der Waals surface area contributed by atoms with E-state index in [2.05, 4.69) is 10.3 Å². The number of nitrogens with zero attached hydrogens (tertiary/aromatic N) is 2. The molecule has 1 atom stereocenters. The molecule has 0 bridgehead atoms. The summed E-state index contributed by atoms with van der Waals surface area (Å²) in [7, 11) is 0. The number of piperidine rings is 1. The van der Waals surface area contributed by atoms with Gasteiger partial charge in [0.25, 0.3) is 0 Å². The topological polar surface area (TPSA) is 71.5 Å². The number of carbonyl (C=O) groups excluding carboxylic acids is 2. The van der Waals surface area contributed by atoms with Gasteiger partial charge in [0.05, 0.1) is 11.9 Å². The summed E-state index contributed by atoms with van der Waals surface area (Å²) in [5.74, 6) is -0.845. The molecule has 0 aliphatic carbocycles. The van der Waals surface area contributed by atoms with Crippen molar-refractivity contribution in [2.24, 2.45) is 0 Å². The Bertz CT molecular complexity index is 554. The molecule has 1 aliphatic heterocycles. The minimum atomic E-state index is -0.645. The first-order chi connectivity index (χ1) is 10.3. The molecular weight excluding hydrogens is 289 g/mol. The molecule has 1 aromatic heterocycles. The van der Waals surface area contributed by atoms with Gasteiger partial charge in [0, 0.05) is 6.54 Å². The van der Waals surface area contributed by atoms with Crippen molar-refractivity contribution >= 4 is 17.7 Å². The van der Waals surface area contributed by atoms with E-state index in [-0.39, 0.29) is 5.91 Å². The Hall–Kier alpha value is -2.18. The Balaban J connectivity index is 2.04. The van der Waals surface area contributed by atoms with Crippen molar-refractivity contribution in [1.82, 2.24) is 10.3 Å². The lowest BCUT2D eigenvalue weighted by molar-refractivity contribution is -0.121. The van der Waals surface area contributed by atoms with Crippen LogP contribution in [0.2, 0.25) is 0 Å². The standard InChI is InChI=1S/C15H20FN3O3/c1-15(2,3)22-14(21)18-11-5-4-8-19(13(11)20)10-6-7-12(16)17-9-10/h6-7,9,11H,4-5,8H2,1-3H3,(H,18,21). The minimum Gasteiger partial charge on any atom is -0.444 e. The van der Waals surface area contributed by atoms with Crippen molar-refractivity contribution in [1.29, 1.82) is 0 Å². The molecule has 0 radical (unpaired) electrons. The van der Waals surface area contributed by atoms with Gasteiger partial charge >= 0.3 is 6.09 Å². The number of amides is 2. The summed E-state index contributed by atoms with van der Waals surface area (Å²) in [6.07, 6.45) is 1.96. The fraction of sp³-hybridized carbons (Fsp3) is 0.533. The van der Waals surface area contributed by atoms with Crippen molar-refractivity contribution in [3.8, 4) is 0 Å². The van der Waals surface area contributed by atoms with Gasteiger partial charge < -0.3 is 15.0 Å². The van der Waals surface area contributed by atoms with Gasteiger partial charge in [-0.15, -0.1) is 0 Å². The molecule has 7 heteroatoms. The molecule has 0 spiro atoms. The molecule has 22 heavy (non-hydrogen) atoms. The van der Waals surface area contributed by atoms with Gasteiger partial charge in [0.2, 0.25) is 11.9 Å². The highest BCUT2D eigenvalue weighted by Crippen LogP contribution is 2.20. The molecule has 2 rings (SSSR count). The second-order valence-corrected chi connectivity index (χ2v) is 6.17. The Kier molecular flexibility index (Phi) is 4.63. The molecule has 1 fully saturated rings. The molecule has 1 aromatic rings. The summed E-state index contributed by atoms with van der Waals surface area (Å²) in [4.78, 5) is 29.3. The number of hydrogen-bond acceptors (Lipinski definition) is 4. The molecule has 0 aromatic carbocycles. The maximum Gasteiger partial charge on any atom is 0.408 e. The maximum atomic E-state index is 12.9. The molecule has 1 N–H and O–H groups in total. The van der Waals surface area contributed by atoms with Gasteiger partial charge in [-0.2, -0.15) is 4.39 Å². The van der Waals surface area contributed by atoms with Crippen molar-refractivity contribution in [3.63, 3.8) is 0 Å². The normalized spacial score (nSPS) is 19.0. The van der Waals surface area contributed by atoms with Gasteiger partial charge in [-0.3, -0.25) is 4.79 Å². The summed E-state index contributed by atoms with van der Waals surface area (Å²) in [6.45, 7) is 5.78. The summed E-state index contributed by atoms with van der Waals surface area (Å²) in [5, 5.41) is 2.59. The fourth-order valence-corrected chi connectivity index (χ4v) is 2.24. The Morgan fingerprint density at radius 2 is 2.18 bits per heavy atom. The number of anilines is 1.